The highest BCUT2D eigenvalue weighted by Gasteiger charge is 2.19. The van der Waals surface area contributed by atoms with E-state index in [-0.39, 0.29) is 0 Å². The first-order chi connectivity index (χ1) is 9.24. The molecule has 0 saturated heterocycles. The van der Waals surface area contributed by atoms with E-state index in [0.717, 1.165) is 25.1 Å². The van der Waals surface area contributed by atoms with Gasteiger partial charge in [-0.25, -0.2) is 0 Å². The average molecular weight is 253 g/mol. The van der Waals surface area contributed by atoms with Crippen LogP contribution < -0.4 is 10.4 Å². The van der Waals surface area contributed by atoms with Crippen molar-refractivity contribution >= 4 is 18.3 Å². The van der Waals surface area contributed by atoms with Crippen molar-refractivity contribution < 1.29 is 10.0 Å². The van der Waals surface area contributed by atoms with Gasteiger partial charge in [0.15, 0.2) is 0 Å². The monoisotopic (exact) mass is 253 g/mol. The summed E-state index contributed by atoms with van der Waals surface area (Å²) < 4.78 is 0. The molecule has 0 unspecified atom stereocenters. The highest BCUT2D eigenvalue weighted by molar-refractivity contribution is 6.58. The van der Waals surface area contributed by atoms with Crippen molar-refractivity contribution in [2.75, 3.05) is 11.4 Å². The molecule has 0 bridgehead atoms. The van der Waals surface area contributed by atoms with Crippen molar-refractivity contribution in [1.29, 1.82) is 0 Å². The van der Waals surface area contributed by atoms with Crippen LogP contribution in [0.2, 0.25) is 0 Å². The molecule has 0 spiro atoms. The lowest BCUT2D eigenvalue weighted by Crippen LogP contribution is -2.30. The van der Waals surface area contributed by atoms with Crippen LogP contribution in [-0.4, -0.2) is 23.7 Å². The SMILES string of the molecule is OB(O)c1cccc(CN2CCc3ccccc32)c1. The van der Waals surface area contributed by atoms with E-state index in [1.54, 1.807) is 6.07 Å². The summed E-state index contributed by atoms with van der Waals surface area (Å²) in [5.74, 6) is 0. The van der Waals surface area contributed by atoms with Crippen molar-refractivity contribution in [3.8, 4) is 0 Å². The minimum atomic E-state index is -1.40. The molecule has 0 atom stereocenters. The van der Waals surface area contributed by atoms with Crippen LogP contribution in [0.25, 0.3) is 0 Å². The average Bonchev–Trinajstić information content (AvgIpc) is 2.83. The molecule has 96 valence electrons. The van der Waals surface area contributed by atoms with Gasteiger partial charge >= 0.3 is 7.12 Å². The molecule has 3 nitrogen and oxygen atoms in total. The molecule has 2 aromatic rings. The molecular weight excluding hydrogens is 237 g/mol. The van der Waals surface area contributed by atoms with Gasteiger partial charge in [0.1, 0.15) is 0 Å². The van der Waals surface area contributed by atoms with Crippen LogP contribution in [-0.2, 0) is 13.0 Å². The second-order valence-electron chi connectivity index (χ2n) is 4.92. The predicted octanol–water partition coefficient (Wildman–Crippen LogP) is 0.929. The Morgan fingerprint density at radius 3 is 2.74 bits per heavy atom. The molecule has 0 amide bonds. The van der Waals surface area contributed by atoms with Crippen molar-refractivity contribution in [2.24, 2.45) is 0 Å². The number of benzene rings is 2. The Kier molecular flexibility index (Phi) is 3.28. The number of para-hydroxylation sites is 1. The number of nitrogens with zero attached hydrogens (tertiary/aromatic N) is 1. The van der Waals surface area contributed by atoms with E-state index in [1.165, 1.54) is 11.3 Å². The highest BCUT2D eigenvalue weighted by Crippen LogP contribution is 2.28. The van der Waals surface area contributed by atoms with Gasteiger partial charge in [0, 0.05) is 18.8 Å². The van der Waals surface area contributed by atoms with Crippen molar-refractivity contribution in [1.82, 2.24) is 0 Å². The van der Waals surface area contributed by atoms with E-state index in [9.17, 15) is 10.0 Å². The number of rotatable bonds is 3. The molecular formula is C15H16BNO2. The third-order valence-electron chi connectivity index (χ3n) is 3.61. The minimum absolute atomic E-state index is 0.546. The Labute approximate surface area is 113 Å². The van der Waals surface area contributed by atoms with Gasteiger partial charge in [0.25, 0.3) is 0 Å². The van der Waals surface area contributed by atoms with Crippen molar-refractivity contribution in [2.45, 2.75) is 13.0 Å². The number of anilines is 1. The number of fused-ring (bicyclic) bond motifs is 1. The first-order valence-corrected chi connectivity index (χ1v) is 6.52. The van der Waals surface area contributed by atoms with Gasteiger partial charge in [-0.3, -0.25) is 0 Å². The quantitative estimate of drug-likeness (QED) is 0.800. The van der Waals surface area contributed by atoms with Crippen molar-refractivity contribution in [3.05, 3.63) is 59.7 Å². The third-order valence-corrected chi connectivity index (χ3v) is 3.61. The molecule has 2 aromatic carbocycles. The van der Waals surface area contributed by atoms with Gasteiger partial charge in [-0.2, -0.15) is 0 Å². The summed E-state index contributed by atoms with van der Waals surface area (Å²) in [7, 11) is -1.40. The molecule has 0 saturated carbocycles. The molecule has 4 heteroatoms. The molecule has 1 aliphatic heterocycles. The van der Waals surface area contributed by atoms with E-state index >= 15 is 0 Å². The summed E-state index contributed by atoms with van der Waals surface area (Å²) in [5, 5.41) is 18.4. The Bertz CT molecular complexity index is 586. The Hall–Kier alpha value is -1.78. The molecule has 0 fully saturated rings. The highest BCUT2D eigenvalue weighted by atomic mass is 16.4. The van der Waals surface area contributed by atoms with E-state index in [2.05, 4.69) is 29.2 Å². The fraction of sp³-hybridized carbons (Fsp3) is 0.200. The van der Waals surface area contributed by atoms with Crippen LogP contribution in [0.15, 0.2) is 48.5 Å². The summed E-state index contributed by atoms with van der Waals surface area (Å²) >= 11 is 0. The summed E-state index contributed by atoms with van der Waals surface area (Å²) in [6.07, 6.45) is 1.08. The summed E-state index contributed by atoms with van der Waals surface area (Å²) in [6.45, 7) is 1.82. The number of hydrogen-bond acceptors (Lipinski definition) is 3. The maximum Gasteiger partial charge on any atom is 0.488 e. The molecule has 0 radical (unpaired) electrons. The van der Waals surface area contributed by atoms with E-state index in [1.807, 2.05) is 18.2 Å². The van der Waals surface area contributed by atoms with Crippen LogP contribution in [0.3, 0.4) is 0 Å². The maximum absolute atomic E-state index is 9.21. The standard InChI is InChI=1S/C15H16BNO2/c18-16(19)14-6-3-4-12(10-14)11-17-9-8-13-5-1-2-7-15(13)17/h1-7,10,18-19H,8-9,11H2. The summed E-state index contributed by atoms with van der Waals surface area (Å²) in [6, 6.07) is 15.9. The first kappa shape index (κ1) is 12.3. The first-order valence-electron chi connectivity index (χ1n) is 6.52. The second kappa shape index (κ2) is 5.07. The third kappa shape index (κ3) is 2.50. The normalized spacial score (nSPS) is 13.5. The lowest BCUT2D eigenvalue weighted by atomic mass is 9.79. The number of hydrogen-bond donors (Lipinski definition) is 2. The zero-order valence-corrected chi connectivity index (χ0v) is 10.7. The molecule has 0 aromatic heterocycles. The van der Waals surface area contributed by atoms with E-state index < -0.39 is 7.12 Å². The minimum Gasteiger partial charge on any atom is -0.423 e. The molecule has 2 N–H and O–H groups in total. The van der Waals surface area contributed by atoms with Gasteiger partial charge < -0.3 is 14.9 Å². The van der Waals surface area contributed by atoms with Gasteiger partial charge in [-0.05, 0) is 29.1 Å². The molecule has 1 aliphatic rings. The fourth-order valence-corrected chi connectivity index (χ4v) is 2.64. The van der Waals surface area contributed by atoms with Gasteiger partial charge in [-0.15, -0.1) is 0 Å². The van der Waals surface area contributed by atoms with Crippen LogP contribution in [0.5, 0.6) is 0 Å². The van der Waals surface area contributed by atoms with Gasteiger partial charge in [0.05, 0.1) is 0 Å². The topological polar surface area (TPSA) is 43.7 Å². The lowest BCUT2D eigenvalue weighted by molar-refractivity contribution is 0.425. The van der Waals surface area contributed by atoms with Gasteiger partial charge in [-0.1, -0.05) is 42.5 Å². The largest absolute Gasteiger partial charge is 0.488 e. The molecule has 0 aliphatic carbocycles. The smallest absolute Gasteiger partial charge is 0.423 e. The Morgan fingerprint density at radius 2 is 1.89 bits per heavy atom. The maximum atomic E-state index is 9.21. The molecule has 1 heterocycles. The molecule has 19 heavy (non-hydrogen) atoms. The Morgan fingerprint density at radius 1 is 1.05 bits per heavy atom. The van der Waals surface area contributed by atoms with E-state index in [4.69, 9.17) is 0 Å². The zero-order valence-electron chi connectivity index (χ0n) is 10.7. The van der Waals surface area contributed by atoms with Crippen LogP contribution in [0, 0.1) is 0 Å². The van der Waals surface area contributed by atoms with Crippen LogP contribution in [0.4, 0.5) is 5.69 Å². The second-order valence-corrected chi connectivity index (χ2v) is 4.92. The van der Waals surface area contributed by atoms with Crippen molar-refractivity contribution in [3.63, 3.8) is 0 Å². The van der Waals surface area contributed by atoms with Gasteiger partial charge in [0.2, 0.25) is 0 Å². The lowest BCUT2D eigenvalue weighted by Gasteiger charge is -2.19. The predicted molar refractivity (Wildman–Crippen MR) is 77.5 cm³/mol. The summed E-state index contributed by atoms with van der Waals surface area (Å²) in [5.41, 5.74) is 4.32. The van der Waals surface area contributed by atoms with E-state index in [0.29, 0.717) is 5.46 Å². The molecule has 3 rings (SSSR count). The summed E-state index contributed by atoms with van der Waals surface area (Å²) in [4.78, 5) is 2.33. The Balaban J connectivity index is 1.81. The van der Waals surface area contributed by atoms with Crippen LogP contribution in [0.1, 0.15) is 11.1 Å². The zero-order chi connectivity index (χ0) is 13.2. The fourth-order valence-electron chi connectivity index (χ4n) is 2.64. The van der Waals surface area contributed by atoms with Crippen LogP contribution >= 0.6 is 0 Å².